The Morgan fingerprint density at radius 2 is 2.22 bits per heavy atom. The van der Waals surface area contributed by atoms with Gasteiger partial charge in [0.1, 0.15) is 5.82 Å². The van der Waals surface area contributed by atoms with Crippen LogP contribution in [-0.2, 0) is 6.54 Å². The van der Waals surface area contributed by atoms with Crippen molar-refractivity contribution in [3.05, 3.63) is 35.1 Å². The van der Waals surface area contributed by atoms with Crippen LogP contribution in [0.25, 0.3) is 0 Å². The first kappa shape index (κ1) is 14.4. The largest absolute Gasteiger partial charge is 0.409 e. The lowest BCUT2D eigenvalue weighted by molar-refractivity contribution is 0.195. The Hall–Kier alpha value is -1.66. The van der Waals surface area contributed by atoms with Crippen LogP contribution in [-0.4, -0.2) is 40.7 Å². The molecule has 5 nitrogen and oxygen atoms in total. The van der Waals surface area contributed by atoms with Gasteiger partial charge in [-0.1, -0.05) is 24.2 Å². The van der Waals surface area contributed by atoms with Gasteiger partial charge in [-0.3, -0.25) is 4.90 Å². The lowest BCUT2D eigenvalue weighted by Crippen LogP contribution is -2.26. The monoisotopic (exact) mass is 255 g/mol. The standard InChI is InChI=1S/C12H18FN3O2/c1-2-16(5-6-17)8-10-4-3-9(7-11(10)13)12(14)15-18/h3-4,7,17-18H,2,5-6,8H2,1H3,(H2,14,15). The van der Waals surface area contributed by atoms with Crippen LogP contribution in [0.1, 0.15) is 18.1 Å². The van der Waals surface area contributed by atoms with E-state index in [4.69, 9.17) is 16.0 Å². The van der Waals surface area contributed by atoms with Crippen LogP contribution in [0.2, 0.25) is 0 Å². The second-order valence-electron chi connectivity index (χ2n) is 3.88. The lowest BCUT2D eigenvalue weighted by Gasteiger charge is -2.19. The number of rotatable bonds is 6. The molecular formula is C12H18FN3O2. The van der Waals surface area contributed by atoms with Crippen LogP contribution < -0.4 is 5.73 Å². The van der Waals surface area contributed by atoms with Gasteiger partial charge >= 0.3 is 0 Å². The Balaban J connectivity index is 2.85. The van der Waals surface area contributed by atoms with Gasteiger partial charge in [0.25, 0.3) is 0 Å². The van der Waals surface area contributed by atoms with Gasteiger partial charge in [0.05, 0.1) is 6.61 Å². The molecule has 0 heterocycles. The zero-order valence-corrected chi connectivity index (χ0v) is 10.3. The molecule has 1 rings (SSSR count). The third-order valence-corrected chi connectivity index (χ3v) is 2.71. The quantitative estimate of drug-likeness (QED) is 0.303. The van der Waals surface area contributed by atoms with Crippen LogP contribution >= 0.6 is 0 Å². The maximum absolute atomic E-state index is 13.8. The van der Waals surface area contributed by atoms with E-state index in [1.165, 1.54) is 6.07 Å². The van der Waals surface area contributed by atoms with Crippen molar-refractivity contribution in [3.63, 3.8) is 0 Å². The predicted molar refractivity (Wildman–Crippen MR) is 66.9 cm³/mol. The van der Waals surface area contributed by atoms with Gasteiger partial charge in [-0.2, -0.15) is 0 Å². The fourth-order valence-corrected chi connectivity index (χ4v) is 1.62. The minimum atomic E-state index is -0.407. The summed E-state index contributed by atoms with van der Waals surface area (Å²) < 4.78 is 13.8. The summed E-state index contributed by atoms with van der Waals surface area (Å²) >= 11 is 0. The Kier molecular flexibility index (Phi) is 5.54. The van der Waals surface area contributed by atoms with E-state index in [0.29, 0.717) is 24.2 Å². The van der Waals surface area contributed by atoms with Crippen molar-refractivity contribution >= 4 is 5.84 Å². The molecule has 0 fully saturated rings. The fraction of sp³-hybridized carbons (Fsp3) is 0.417. The molecule has 18 heavy (non-hydrogen) atoms. The van der Waals surface area contributed by atoms with Crippen LogP contribution in [0.5, 0.6) is 0 Å². The molecule has 1 aromatic carbocycles. The van der Waals surface area contributed by atoms with Gasteiger partial charge in [-0.15, -0.1) is 0 Å². The van der Waals surface area contributed by atoms with Gasteiger partial charge in [-0.05, 0) is 12.6 Å². The summed E-state index contributed by atoms with van der Waals surface area (Å²) in [5.41, 5.74) is 6.23. The highest BCUT2D eigenvalue weighted by molar-refractivity contribution is 5.97. The van der Waals surface area contributed by atoms with E-state index in [2.05, 4.69) is 5.16 Å². The number of aliphatic hydroxyl groups is 1. The molecule has 0 aliphatic heterocycles. The van der Waals surface area contributed by atoms with Crippen molar-refractivity contribution in [2.45, 2.75) is 13.5 Å². The summed E-state index contributed by atoms with van der Waals surface area (Å²) in [5, 5.41) is 20.2. The van der Waals surface area contributed by atoms with Gasteiger partial charge in [0.15, 0.2) is 5.84 Å². The fourth-order valence-electron chi connectivity index (χ4n) is 1.62. The minimum absolute atomic E-state index is 0.0393. The van der Waals surface area contributed by atoms with E-state index in [0.717, 1.165) is 6.54 Å². The number of nitrogens with zero attached hydrogens (tertiary/aromatic N) is 2. The molecule has 0 aliphatic rings. The number of halogens is 1. The molecule has 0 saturated heterocycles. The predicted octanol–water partition coefficient (Wildman–Crippen LogP) is 0.734. The van der Waals surface area contributed by atoms with Crippen molar-refractivity contribution in [1.82, 2.24) is 4.90 Å². The van der Waals surface area contributed by atoms with Crippen LogP contribution in [0.3, 0.4) is 0 Å². The third kappa shape index (κ3) is 3.68. The molecule has 0 aliphatic carbocycles. The molecule has 0 saturated carbocycles. The normalized spacial score (nSPS) is 12.1. The van der Waals surface area contributed by atoms with E-state index in [-0.39, 0.29) is 12.4 Å². The summed E-state index contributed by atoms with van der Waals surface area (Å²) in [6.07, 6.45) is 0. The van der Waals surface area contributed by atoms with E-state index in [9.17, 15) is 4.39 Å². The number of amidine groups is 1. The molecule has 6 heteroatoms. The SMILES string of the molecule is CCN(CCO)Cc1ccc(/C(N)=N/O)cc1F. The number of nitrogens with two attached hydrogens (primary N) is 1. The minimum Gasteiger partial charge on any atom is -0.409 e. The molecule has 4 N–H and O–H groups in total. The number of benzene rings is 1. The smallest absolute Gasteiger partial charge is 0.170 e. The highest BCUT2D eigenvalue weighted by atomic mass is 19.1. The second kappa shape index (κ2) is 6.93. The Morgan fingerprint density at radius 3 is 2.72 bits per heavy atom. The zero-order chi connectivity index (χ0) is 13.5. The van der Waals surface area contributed by atoms with Crippen LogP contribution in [0.15, 0.2) is 23.4 Å². The lowest BCUT2D eigenvalue weighted by atomic mass is 10.1. The number of aliphatic hydroxyl groups excluding tert-OH is 1. The Labute approximate surface area is 105 Å². The number of oxime groups is 1. The van der Waals surface area contributed by atoms with Crippen molar-refractivity contribution < 1.29 is 14.7 Å². The third-order valence-electron chi connectivity index (χ3n) is 2.71. The zero-order valence-electron chi connectivity index (χ0n) is 10.3. The molecule has 0 atom stereocenters. The van der Waals surface area contributed by atoms with Crippen molar-refractivity contribution in [3.8, 4) is 0 Å². The van der Waals surface area contributed by atoms with Crippen molar-refractivity contribution in [1.29, 1.82) is 0 Å². The molecule has 0 radical (unpaired) electrons. The number of hydrogen-bond acceptors (Lipinski definition) is 4. The van der Waals surface area contributed by atoms with E-state index < -0.39 is 5.82 Å². The molecule has 100 valence electrons. The molecule has 0 bridgehead atoms. The molecule has 0 unspecified atom stereocenters. The average molecular weight is 255 g/mol. The number of likely N-dealkylation sites (N-methyl/N-ethyl adjacent to an activating group) is 1. The van der Waals surface area contributed by atoms with E-state index >= 15 is 0 Å². The summed E-state index contributed by atoms with van der Waals surface area (Å²) in [6, 6.07) is 4.43. The van der Waals surface area contributed by atoms with Gasteiger partial charge < -0.3 is 16.0 Å². The van der Waals surface area contributed by atoms with Gasteiger partial charge in [-0.25, -0.2) is 4.39 Å². The van der Waals surface area contributed by atoms with Gasteiger partial charge in [0, 0.05) is 24.2 Å². The topological polar surface area (TPSA) is 82.1 Å². The molecule has 1 aromatic rings. The maximum Gasteiger partial charge on any atom is 0.170 e. The highest BCUT2D eigenvalue weighted by Gasteiger charge is 2.09. The van der Waals surface area contributed by atoms with Crippen molar-refractivity contribution in [2.75, 3.05) is 19.7 Å². The first-order valence-corrected chi connectivity index (χ1v) is 5.71. The Morgan fingerprint density at radius 1 is 1.50 bits per heavy atom. The van der Waals surface area contributed by atoms with Gasteiger partial charge in [0.2, 0.25) is 0 Å². The summed E-state index contributed by atoms with van der Waals surface area (Å²) in [5.74, 6) is -0.529. The number of hydrogen-bond donors (Lipinski definition) is 3. The van der Waals surface area contributed by atoms with Crippen LogP contribution in [0, 0.1) is 5.82 Å². The van der Waals surface area contributed by atoms with E-state index in [1.54, 1.807) is 12.1 Å². The first-order chi connectivity index (χ1) is 8.62. The molecule has 0 aromatic heterocycles. The summed E-state index contributed by atoms with van der Waals surface area (Å²) in [7, 11) is 0. The summed E-state index contributed by atoms with van der Waals surface area (Å²) in [6.45, 7) is 3.62. The molecular weight excluding hydrogens is 237 g/mol. The summed E-state index contributed by atoms with van der Waals surface area (Å²) in [4.78, 5) is 1.92. The average Bonchev–Trinajstić information content (AvgIpc) is 2.39. The highest BCUT2D eigenvalue weighted by Crippen LogP contribution is 2.13. The Bertz CT molecular complexity index is 424. The second-order valence-corrected chi connectivity index (χ2v) is 3.88. The molecule has 0 spiro atoms. The van der Waals surface area contributed by atoms with Crippen molar-refractivity contribution in [2.24, 2.45) is 10.9 Å². The van der Waals surface area contributed by atoms with Crippen LogP contribution in [0.4, 0.5) is 4.39 Å². The first-order valence-electron chi connectivity index (χ1n) is 5.71. The van der Waals surface area contributed by atoms with E-state index in [1.807, 2.05) is 11.8 Å². The molecule has 0 amide bonds. The maximum atomic E-state index is 13.8.